The number of amides is 2. The van der Waals surface area contributed by atoms with Crippen molar-refractivity contribution in [1.82, 2.24) is 15.6 Å². The lowest BCUT2D eigenvalue weighted by molar-refractivity contribution is 0.240. The van der Waals surface area contributed by atoms with E-state index in [4.69, 9.17) is 9.47 Å². The van der Waals surface area contributed by atoms with E-state index in [-0.39, 0.29) is 6.03 Å². The monoisotopic (exact) mass is 363 g/mol. The van der Waals surface area contributed by atoms with Crippen LogP contribution in [0.15, 0.2) is 72.9 Å². The number of nitrogens with zero attached hydrogens (tertiary/aromatic N) is 1. The Labute approximate surface area is 158 Å². The standard InChI is InChI=1S/C21H21N3O3/c1-26-18-10-8-16(9-11-18)14-23-21(25)24-15-17-5-4-6-19(13-17)27-20-7-2-3-12-22-20/h2-13H,14-15H2,1H3,(H2,23,24,25). The van der Waals surface area contributed by atoms with Gasteiger partial charge in [0.25, 0.3) is 0 Å². The van der Waals surface area contributed by atoms with Gasteiger partial charge in [-0.15, -0.1) is 0 Å². The fourth-order valence-electron chi connectivity index (χ4n) is 2.42. The summed E-state index contributed by atoms with van der Waals surface area (Å²) in [5.41, 5.74) is 1.93. The fraction of sp³-hybridized carbons (Fsp3) is 0.143. The second kappa shape index (κ2) is 9.24. The summed E-state index contributed by atoms with van der Waals surface area (Å²) in [5, 5.41) is 5.67. The van der Waals surface area contributed by atoms with Crippen molar-refractivity contribution in [3.63, 3.8) is 0 Å². The number of methoxy groups -OCH3 is 1. The summed E-state index contributed by atoms with van der Waals surface area (Å²) in [6.45, 7) is 0.840. The Morgan fingerprint density at radius 1 is 0.889 bits per heavy atom. The van der Waals surface area contributed by atoms with Crippen LogP contribution in [0.3, 0.4) is 0 Å². The average Bonchev–Trinajstić information content (AvgIpc) is 2.72. The van der Waals surface area contributed by atoms with Crippen molar-refractivity contribution in [3.8, 4) is 17.4 Å². The molecule has 2 aromatic carbocycles. The predicted molar refractivity (Wildman–Crippen MR) is 103 cm³/mol. The molecular formula is C21H21N3O3. The number of hydrogen-bond donors (Lipinski definition) is 2. The minimum Gasteiger partial charge on any atom is -0.497 e. The van der Waals surface area contributed by atoms with Gasteiger partial charge in [-0.2, -0.15) is 0 Å². The molecule has 0 fully saturated rings. The molecule has 3 rings (SSSR count). The largest absolute Gasteiger partial charge is 0.497 e. The molecule has 1 aromatic heterocycles. The van der Waals surface area contributed by atoms with Gasteiger partial charge in [-0.3, -0.25) is 0 Å². The van der Waals surface area contributed by atoms with Crippen molar-refractivity contribution < 1.29 is 14.3 Å². The average molecular weight is 363 g/mol. The van der Waals surface area contributed by atoms with Crippen molar-refractivity contribution in [2.75, 3.05) is 7.11 Å². The lowest BCUT2D eigenvalue weighted by Crippen LogP contribution is -2.34. The SMILES string of the molecule is COc1ccc(CNC(=O)NCc2cccc(Oc3ccccn3)c2)cc1. The Balaban J connectivity index is 1.47. The van der Waals surface area contributed by atoms with Gasteiger partial charge >= 0.3 is 6.03 Å². The van der Waals surface area contributed by atoms with E-state index in [9.17, 15) is 4.79 Å². The number of rotatable bonds is 7. The fourth-order valence-corrected chi connectivity index (χ4v) is 2.42. The molecule has 0 aliphatic rings. The minimum atomic E-state index is -0.234. The van der Waals surface area contributed by atoms with Gasteiger partial charge in [0.15, 0.2) is 0 Å². The first-order chi connectivity index (χ1) is 13.2. The second-order valence-corrected chi connectivity index (χ2v) is 5.80. The molecule has 2 N–H and O–H groups in total. The zero-order chi connectivity index (χ0) is 18.9. The molecule has 0 aliphatic heterocycles. The zero-order valence-electron chi connectivity index (χ0n) is 15.0. The highest BCUT2D eigenvalue weighted by Crippen LogP contribution is 2.19. The number of hydrogen-bond acceptors (Lipinski definition) is 4. The van der Waals surface area contributed by atoms with Crippen LogP contribution in [0, 0.1) is 0 Å². The van der Waals surface area contributed by atoms with E-state index >= 15 is 0 Å². The van der Waals surface area contributed by atoms with Crippen LogP contribution in [0.5, 0.6) is 17.4 Å². The third-order valence-electron chi connectivity index (χ3n) is 3.82. The summed E-state index contributed by atoms with van der Waals surface area (Å²) in [6, 6.07) is 20.3. The number of carbonyl (C=O) groups is 1. The molecule has 0 bridgehead atoms. The highest BCUT2D eigenvalue weighted by atomic mass is 16.5. The van der Waals surface area contributed by atoms with E-state index in [1.807, 2.05) is 60.7 Å². The number of carbonyl (C=O) groups excluding carboxylic acids is 1. The van der Waals surface area contributed by atoms with Crippen LogP contribution in [0.25, 0.3) is 0 Å². The van der Waals surface area contributed by atoms with Gasteiger partial charge in [0, 0.05) is 25.4 Å². The van der Waals surface area contributed by atoms with Crippen molar-refractivity contribution in [3.05, 3.63) is 84.1 Å². The van der Waals surface area contributed by atoms with Crippen LogP contribution in [0.1, 0.15) is 11.1 Å². The van der Waals surface area contributed by atoms with E-state index in [2.05, 4.69) is 15.6 Å². The molecule has 0 unspecified atom stereocenters. The predicted octanol–water partition coefficient (Wildman–Crippen LogP) is 3.88. The van der Waals surface area contributed by atoms with E-state index < -0.39 is 0 Å². The molecule has 1 heterocycles. The molecule has 0 aliphatic carbocycles. The minimum absolute atomic E-state index is 0.234. The maximum atomic E-state index is 12.0. The summed E-state index contributed by atoms with van der Waals surface area (Å²) < 4.78 is 10.8. The van der Waals surface area contributed by atoms with Crippen molar-refractivity contribution in [2.45, 2.75) is 13.1 Å². The zero-order valence-corrected chi connectivity index (χ0v) is 15.0. The molecule has 6 nitrogen and oxygen atoms in total. The summed E-state index contributed by atoms with van der Waals surface area (Å²) in [6.07, 6.45) is 1.67. The van der Waals surface area contributed by atoms with Gasteiger partial charge < -0.3 is 20.1 Å². The summed E-state index contributed by atoms with van der Waals surface area (Å²) in [5.74, 6) is 1.99. The molecule has 0 atom stereocenters. The molecule has 0 saturated carbocycles. The first kappa shape index (κ1) is 18.3. The highest BCUT2D eigenvalue weighted by molar-refractivity contribution is 5.73. The Morgan fingerprint density at radius 3 is 2.37 bits per heavy atom. The lowest BCUT2D eigenvalue weighted by atomic mass is 10.2. The van der Waals surface area contributed by atoms with E-state index in [1.54, 1.807) is 19.4 Å². The van der Waals surface area contributed by atoms with Crippen LogP contribution < -0.4 is 20.1 Å². The Kier molecular flexibility index (Phi) is 6.25. The van der Waals surface area contributed by atoms with Gasteiger partial charge in [-0.05, 0) is 41.5 Å². The maximum absolute atomic E-state index is 12.0. The molecule has 138 valence electrons. The van der Waals surface area contributed by atoms with Crippen molar-refractivity contribution >= 4 is 6.03 Å². The Bertz CT molecular complexity index is 867. The first-order valence-electron chi connectivity index (χ1n) is 8.55. The van der Waals surface area contributed by atoms with Crippen LogP contribution in [0.4, 0.5) is 4.79 Å². The third-order valence-corrected chi connectivity index (χ3v) is 3.82. The van der Waals surface area contributed by atoms with Crippen LogP contribution in [-0.2, 0) is 13.1 Å². The highest BCUT2D eigenvalue weighted by Gasteiger charge is 2.03. The van der Waals surface area contributed by atoms with Crippen LogP contribution >= 0.6 is 0 Å². The molecule has 0 spiro atoms. The molecule has 3 aromatic rings. The normalized spacial score (nSPS) is 10.1. The van der Waals surface area contributed by atoms with Crippen molar-refractivity contribution in [1.29, 1.82) is 0 Å². The quantitative estimate of drug-likeness (QED) is 0.668. The molecule has 2 amide bonds. The number of pyridine rings is 1. The summed E-state index contributed by atoms with van der Waals surface area (Å²) in [4.78, 5) is 16.1. The molecular weight excluding hydrogens is 342 g/mol. The van der Waals surface area contributed by atoms with Crippen LogP contribution in [-0.4, -0.2) is 18.1 Å². The van der Waals surface area contributed by atoms with Crippen LogP contribution in [0.2, 0.25) is 0 Å². The maximum Gasteiger partial charge on any atom is 0.315 e. The number of ether oxygens (including phenoxy) is 2. The molecule has 27 heavy (non-hydrogen) atoms. The van der Waals surface area contributed by atoms with Gasteiger partial charge in [-0.1, -0.05) is 30.3 Å². The van der Waals surface area contributed by atoms with Crippen molar-refractivity contribution in [2.24, 2.45) is 0 Å². The van der Waals surface area contributed by atoms with E-state index in [1.165, 1.54) is 0 Å². The van der Waals surface area contributed by atoms with E-state index in [0.717, 1.165) is 16.9 Å². The van der Waals surface area contributed by atoms with Gasteiger partial charge in [0.05, 0.1) is 7.11 Å². The molecule has 0 radical (unpaired) electrons. The topological polar surface area (TPSA) is 72.5 Å². The number of aromatic nitrogens is 1. The third kappa shape index (κ3) is 5.74. The number of nitrogens with one attached hydrogen (secondary N) is 2. The second-order valence-electron chi connectivity index (χ2n) is 5.80. The smallest absolute Gasteiger partial charge is 0.315 e. The van der Waals surface area contributed by atoms with E-state index in [0.29, 0.717) is 24.7 Å². The number of benzene rings is 2. The Hall–Kier alpha value is -3.54. The molecule has 6 heteroatoms. The van der Waals surface area contributed by atoms with Gasteiger partial charge in [0.1, 0.15) is 11.5 Å². The molecule has 0 saturated heterocycles. The Morgan fingerprint density at radius 2 is 1.67 bits per heavy atom. The number of urea groups is 1. The summed E-state index contributed by atoms with van der Waals surface area (Å²) in [7, 11) is 1.62. The van der Waals surface area contributed by atoms with Gasteiger partial charge in [-0.25, -0.2) is 9.78 Å². The van der Waals surface area contributed by atoms with Gasteiger partial charge in [0.2, 0.25) is 5.88 Å². The lowest BCUT2D eigenvalue weighted by Gasteiger charge is -2.10. The first-order valence-corrected chi connectivity index (χ1v) is 8.55. The summed E-state index contributed by atoms with van der Waals surface area (Å²) >= 11 is 0.